The Balaban J connectivity index is 0.00000210. The van der Waals surface area contributed by atoms with Gasteiger partial charge in [0.2, 0.25) is 10.0 Å². The van der Waals surface area contributed by atoms with Gasteiger partial charge in [-0.25, -0.2) is 17.5 Å². The molecule has 9 heteroatoms. The fraction of sp³-hybridized carbons (Fsp3) is 0.250. The number of fused-ring (bicyclic) bond motifs is 1. The molecule has 0 saturated heterocycles. The Labute approximate surface area is 183 Å². The van der Waals surface area contributed by atoms with Gasteiger partial charge in [0.05, 0.1) is 4.90 Å². The summed E-state index contributed by atoms with van der Waals surface area (Å²) >= 11 is 0. The Morgan fingerprint density at radius 3 is 2.48 bits per heavy atom. The Hall–Kier alpha value is -1.77. The van der Waals surface area contributed by atoms with E-state index in [2.05, 4.69) is 15.0 Å². The highest BCUT2D eigenvalue weighted by molar-refractivity contribution is 7.89. The number of aromatic nitrogens is 1. The molecule has 0 aliphatic carbocycles. The van der Waals surface area contributed by atoms with Crippen LogP contribution in [0.1, 0.15) is 12.5 Å². The standard InChI is InChI=1S/C20H22FN3O2S.2ClH/c1-15(13-23-20(21)11-16-5-3-2-4-6-16)24-27(25,26)19-8-7-18-14-22-10-9-17(18)12-19;;/h2-10,12,14-15,20,23-24H,11,13H2,1H3;2*1H. The van der Waals surface area contributed by atoms with E-state index in [0.29, 0.717) is 0 Å². The molecule has 3 aromatic rings. The highest BCUT2D eigenvalue weighted by Gasteiger charge is 2.18. The van der Waals surface area contributed by atoms with E-state index in [1.165, 1.54) is 0 Å². The fourth-order valence-electron chi connectivity index (χ4n) is 2.80. The summed E-state index contributed by atoms with van der Waals surface area (Å²) in [5.74, 6) is 0. The highest BCUT2D eigenvalue weighted by atomic mass is 35.5. The second-order valence-electron chi connectivity index (χ2n) is 6.47. The minimum atomic E-state index is -3.69. The van der Waals surface area contributed by atoms with Crippen molar-refractivity contribution >= 4 is 45.6 Å². The lowest BCUT2D eigenvalue weighted by Crippen LogP contribution is -2.42. The van der Waals surface area contributed by atoms with E-state index in [0.717, 1.165) is 16.3 Å². The summed E-state index contributed by atoms with van der Waals surface area (Å²) in [4.78, 5) is 4.19. The largest absolute Gasteiger partial charge is 0.286 e. The van der Waals surface area contributed by atoms with Crippen molar-refractivity contribution in [2.75, 3.05) is 6.54 Å². The minimum Gasteiger partial charge on any atom is -0.286 e. The molecule has 5 nitrogen and oxygen atoms in total. The van der Waals surface area contributed by atoms with Crippen molar-refractivity contribution in [1.82, 2.24) is 15.0 Å². The molecule has 0 saturated carbocycles. The van der Waals surface area contributed by atoms with Crippen LogP contribution in [0.15, 0.2) is 71.9 Å². The highest BCUT2D eigenvalue weighted by Crippen LogP contribution is 2.18. The Kier molecular flexibility index (Phi) is 9.95. The van der Waals surface area contributed by atoms with E-state index in [9.17, 15) is 12.8 Å². The van der Waals surface area contributed by atoms with Gasteiger partial charge < -0.3 is 0 Å². The minimum absolute atomic E-state index is 0. The monoisotopic (exact) mass is 459 g/mol. The normalized spacial score (nSPS) is 13.2. The maximum absolute atomic E-state index is 14.1. The number of pyridine rings is 1. The van der Waals surface area contributed by atoms with Crippen LogP contribution in [0.5, 0.6) is 0 Å². The summed E-state index contributed by atoms with van der Waals surface area (Å²) in [6, 6.07) is 15.5. The molecular weight excluding hydrogens is 436 g/mol. The SMILES string of the molecule is CC(CNC(F)Cc1ccccc1)NS(=O)(=O)c1ccc2cnccc2c1.Cl.Cl. The summed E-state index contributed by atoms with van der Waals surface area (Å²) in [7, 11) is -3.69. The maximum atomic E-state index is 14.1. The molecule has 2 N–H and O–H groups in total. The molecule has 1 heterocycles. The molecule has 2 atom stereocenters. The van der Waals surface area contributed by atoms with Crippen molar-refractivity contribution in [1.29, 1.82) is 0 Å². The molecular formula is C20H24Cl2FN3O2S. The van der Waals surface area contributed by atoms with Crippen LogP contribution >= 0.6 is 24.8 Å². The van der Waals surface area contributed by atoms with Gasteiger partial charge in [-0.15, -0.1) is 24.8 Å². The van der Waals surface area contributed by atoms with E-state index in [4.69, 9.17) is 0 Å². The molecule has 2 unspecified atom stereocenters. The quantitative estimate of drug-likeness (QED) is 0.501. The fourth-order valence-corrected chi connectivity index (χ4v) is 4.08. The number of nitrogens with zero attached hydrogens (tertiary/aromatic N) is 1. The summed E-state index contributed by atoms with van der Waals surface area (Å²) in [5, 5.41) is 4.40. The van der Waals surface area contributed by atoms with Crippen LogP contribution in [0.4, 0.5) is 4.39 Å². The summed E-state index contributed by atoms with van der Waals surface area (Å²) < 4.78 is 41.8. The van der Waals surface area contributed by atoms with Gasteiger partial charge in [0.15, 0.2) is 6.30 Å². The smallest absolute Gasteiger partial charge is 0.240 e. The first-order valence-electron chi connectivity index (χ1n) is 8.71. The molecule has 0 bridgehead atoms. The second-order valence-corrected chi connectivity index (χ2v) is 8.19. The average molecular weight is 460 g/mol. The molecule has 0 aliphatic rings. The van der Waals surface area contributed by atoms with E-state index < -0.39 is 22.4 Å². The molecule has 1 aromatic heterocycles. The zero-order valence-corrected chi connectivity index (χ0v) is 18.2. The van der Waals surface area contributed by atoms with E-state index in [-0.39, 0.29) is 42.7 Å². The van der Waals surface area contributed by atoms with Crippen LogP contribution < -0.4 is 10.0 Å². The summed E-state index contributed by atoms with van der Waals surface area (Å²) in [5.41, 5.74) is 0.886. The van der Waals surface area contributed by atoms with Gasteiger partial charge >= 0.3 is 0 Å². The van der Waals surface area contributed by atoms with Crippen molar-refractivity contribution in [2.45, 2.75) is 30.6 Å². The van der Waals surface area contributed by atoms with Crippen LogP contribution in [0.2, 0.25) is 0 Å². The Morgan fingerprint density at radius 1 is 1.03 bits per heavy atom. The first-order valence-corrected chi connectivity index (χ1v) is 10.2. The molecule has 0 fully saturated rings. The predicted molar refractivity (Wildman–Crippen MR) is 119 cm³/mol. The molecule has 0 aliphatic heterocycles. The number of benzene rings is 2. The summed E-state index contributed by atoms with van der Waals surface area (Å²) in [6.45, 7) is 1.88. The third-order valence-corrected chi connectivity index (χ3v) is 5.77. The molecule has 29 heavy (non-hydrogen) atoms. The lowest BCUT2D eigenvalue weighted by Gasteiger charge is -2.17. The van der Waals surface area contributed by atoms with Crippen LogP contribution in [-0.4, -0.2) is 32.3 Å². The first-order chi connectivity index (χ1) is 12.9. The maximum Gasteiger partial charge on any atom is 0.240 e. The number of alkyl halides is 1. The molecule has 0 radical (unpaired) electrons. The average Bonchev–Trinajstić information content (AvgIpc) is 2.66. The van der Waals surface area contributed by atoms with E-state index in [1.807, 2.05) is 30.3 Å². The molecule has 158 valence electrons. The topological polar surface area (TPSA) is 71.1 Å². The van der Waals surface area contributed by atoms with Crippen molar-refractivity contribution < 1.29 is 12.8 Å². The third kappa shape index (κ3) is 7.21. The molecule has 0 spiro atoms. The zero-order valence-electron chi connectivity index (χ0n) is 15.8. The van der Waals surface area contributed by atoms with Crippen LogP contribution in [0.3, 0.4) is 0 Å². The van der Waals surface area contributed by atoms with Crippen molar-refractivity contribution in [3.63, 3.8) is 0 Å². The van der Waals surface area contributed by atoms with Gasteiger partial charge in [-0.1, -0.05) is 36.4 Å². The van der Waals surface area contributed by atoms with Gasteiger partial charge in [-0.05, 0) is 36.1 Å². The number of rotatable bonds is 8. The lowest BCUT2D eigenvalue weighted by molar-refractivity contribution is 0.266. The van der Waals surface area contributed by atoms with Gasteiger partial charge in [0, 0.05) is 36.8 Å². The van der Waals surface area contributed by atoms with Gasteiger partial charge in [-0.2, -0.15) is 0 Å². The van der Waals surface area contributed by atoms with E-state index in [1.54, 1.807) is 43.6 Å². The zero-order chi connectivity index (χ0) is 19.3. The number of hydrogen-bond donors (Lipinski definition) is 2. The van der Waals surface area contributed by atoms with E-state index >= 15 is 0 Å². The van der Waals surface area contributed by atoms with Crippen LogP contribution in [0.25, 0.3) is 10.8 Å². The Bertz CT molecular complexity index is 1010. The lowest BCUT2D eigenvalue weighted by atomic mass is 10.1. The van der Waals surface area contributed by atoms with Gasteiger partial charge in [0.25, 0.3) is 0 Å². The summed E-state index contributed by atoms with van der Waals surface area (Å²) in [6.07, 6.45) is 2.29. The Morgan fingerprint density at radius 2 is 1.76 bits per heavy atom. The predicted octanol–water partition coefficient (Wildman–Crippen LogP) is 3.87. The second kappa shape index (κ2) is 11.4. The van der Waals surface area contributed by atoms with Crippen molar-refractivity contribution in [3.8, 4) is 0 Å². The number of nitrogens with one attached hydrogen (secondary N) is 2. The van der Waals surface area contributed by atoms with Crippen LogP contribution in [-0.2, 0) is 16.4 Å². The number of halogens is 3. The third-order valence-electron chi connectivity index (χ3n) is 4.18. The van der Waals surface area contributed by atoms with Gasteiger partial charge in [-0.3, -0.25) is 10.3 Å². The van der Waals surface area contributed by atoms with Crippen molar-refractivity contribution in [2.24, 2.45) is 0 Å². The van der Waals surface area contributed by atoms with Gasteiger partial charge in [0.1, 0.15) is 0 Å². The number of hydrogen-bond acceptors (Lipinski definition) is 4. The first kappa shape index (κ1) is 25.3. The van der Waals surface area contributed by atoms with Crippen LogP contribution in [0, 0.1) is 0 Å². The molecule has 2 aromatic carbocycles. The molecule has 3 rings (SSSR count). The molecule has 0 amide bonds. The van der Waals surface area contributed by atoms with Crippen molar-refractivity contribution in [3.05, 3.63) is 72.6 Å². The number of sulfonamides is 1.